The van der Waals surface area contributed by atoms with Crippen molar-refractivity contribution in [3.8, 4) is 0 Å². The summed E-state index contributed by atoms with van der Waals surface area (Å²) < 4.78 is 0. The van der Waals surface area contributed by atoms with Crippen LogP contribution in [-0.2, 0) is 4.79 Å². The Morgan fingerprint density at radius 3 is 2.80 bits per heavy atom. The number of nitrogens with zero attached hydrogens (tertiary/aromatic N) is 3. The Hall–Kier alpha value is -2.10. The van der Waals surface area contributed by atoms with Gasteiger partial charge in [-0.05, 0) is 74.5 Å². The number of amides is 1. The first-order chi connectivity index (χ1) is 14.5. The molecule has 0 N–H and O–H groups in total. The summed E-state index contributed by atoms with van der Waals surface area (Å²) in [6, 6.07) is 11.6. The van der Waals surface area contributed by atoms with Gasteiger partial charge in [0.1, 0.15) is 5.82 Å². The number of hydrogen-bond donors (Lipinski definition) is 0. The third-order valence-electron chi connectivity index (χ3n) is 7.77. The van der Waals surface area contributed by atoms with Crippen molar-refractivity contribution in [2.45, 2.75) is 71.4 Å². The average Bonchev–Trinajstić information content (AvgIpc) is 2.74. The molecule has 3 aliphatic heterocycles. The monoisotopic (exact) mass is 405 g/mol. The summed E-state index contributed by atoms with van der Waals surface area (Å²) in [6.45, 7) is 8.87. The molecule has 30 heavy (non-hydrogen) atoms. The van der Waals surface area contributed by atoms with Crippen LogP contribution < -0.4 is 4.90 Å². The van der Waals surface area contributed by atoms with Crippen LogP contribution in [0.15, 0.2) is 30.3 Å². The highest BCUT2D eigenvalue weighted by Gasteiger charge is 2.49. The molecule has 1 aromatic carbocycles. The number of carbonyl (C=O) groups excluding carboxylic acids is 1. The van der Waals surface area contributed by atoms with E-state index >= 15 is 0 Å². The quantitative estimate of drug-likeness (QED) is 0.703. The third-order valence-corrected chi connectivity index (χ3v) is 7.77. The van der Waals surface area contributed by atoms with Crippen LogP contribution in [0.2, 0.25) is 0 Å². The highest BCUT2D eigenvalue weighted by atomic mass is 16.2. The lowest BCUT2D eigenvalue weighted by atomic mass is 9.70. The van der Waals surface area contributed by atoms with Gasteiger partial charge in [-0.3, -0.25) is 4.79 Å². The van der Waals surface area contributed by atoms with E-state index in [1.165, 1.54) is 30.2 Å². The molecule has 5 rings (SSSR count). The summed E-state index contributed by atoms with van der Waals surface area (Å²) in [5.41, 5.74) is 2.39. The van der Waals surface area contributed by atoms with Crippen LogP contribution in [0, 0.1) is 24.7 Å². The lowest BCUT2D eigenvalue weighted by Crippen LogP contribution is -2.65. The van der Waals surface area contributed by atoms with Crippen molar-refractivity contribution in [2.24, 2.45) is 17.8 Å². The van der Waals surface area contributed by atoms with Crippen LogP contribution >= 0.6 is 0 Å². The molecule has 2 aromatic rings. The van der Waals surface area contributed by atoms with E-state index in [4.69, 9.17) is 4.98 Å². The van der Waals surface area contributed by atoms with E-state index in [-0.39, 0.29) is 0 Å². The second-order valence-corrected chi connectivity index (χ2v) is 10.3. The normalized spacial score (nSPS) is 28.9. The Balaban J connectivity index is 1.47. The molecule has 160 valence electrons. The molecule has 0 spiro atoms. The van der Waals surface area contributed by atoms with Crippen molar-refractivity contribution in [1.82, 2.24) is 9.88 Å². The van der Waals surface area contributed by atoms with Gasteiger partial charge in [-0.2, -0.15) is 0 Å². The van der Waals surface area contributed by atoms with Gasteiger partial charge < -0.3 is 9.80 Å². The van der Waals surface area contributed by atoms with Gasteiger partial charge in [0.05, 0.1) is 5.52 Å². The third kappa shape index (κ3) is 3.48. The Bertz CT molecular complexity index is 939. The van der Waals surface area contributed by atoms with Gasteiger partial charge in [-0.15, -0.1) is 0 Å². The molecule has 1 amide bonds. The molecule has 4 heterocycles. The molecule has 0 saturated carbocycles. The lowest BCUT2D eigenvalue weighted by molar-refractivity contribution is -0.149. The standard InChI is InChI=1S/C26H35N3O/c1-17(2)11-12-24-20-14-19(23-9-6-10-26(30)29(23)24)15-28(16-20)25-13-18(3)21-7-4-5-8-22(21)27-25/h4-5,7-8,13,17,19-20,23-24H,6,9-12,14-16H2,1-3H3/t19-,20+,23+,24+/m1/s1. The van der Waals surface area contributed by atoms with Gasteiger partial charge in [0.25, 0.3) is 0 Å². The van der Waals surface area contributed by atoms with Gasteiger partial charge in [0, 0.05) is 37.0 Å². The first-order valence-electron chi connectivity index (χ1n) is 11.9. The topological polar surface area (TPSA) is 36.4 Å². The number of piperidine rings is 3. The molecule has 2 bridgehead atoms. The smallest absolute Gasteiger partial charge is 0.223 e. The number of carbonyl (C=O) groups is 1. The van der Waals surface area contributed by atoms with Crippen molar-refractivity contribution in [1.29, 1.82) is 0 Å². The van der Waals surface area contributed by atoms with E-state index < -0.39 is 0 Å². The SMILES string of the molecule is Cc1cc(N2C[C@H]3C[C@@H](C2)[C@H](CCC(C)C)N2C(=O)CCC[C@@H]32)nc2ccccc12. The Labute approximate surface area is 180 Å². The van der Waals surface area contributed by atoms with E-state index in [1.807, 2.05) is 0 Å². The van der Waals surface area contributed by atoms with E-state index in [2.05, 4.69) is 60.9 Å². The van der Waals surface area contributed by atoms with E-state index in [1.54, 1.807) is 0 Å². The number of para-hydroxylation sites is 1. The minimum absolute atomic E-state index is 0.408. The van der Waals surface area contributed by atoms with Crippen LogP contribution in [0.1, 0.15) is 57.9 Å². The lowest BCUT2D eigenvalue weighted by Gasteiger charge is -2.57. The number of aryl methyl sites for hydroxylation is 1. The predicted octanol–water partition coefficient (Wildman–Crippen LogP) is 5.19. The van der Waals surface area contributed by atoms with E-state index in [9.17, 15) is 4.79 Å². The van der Waals surface area contributed by atoms with Crippen LogP contribution in [-0.4, -0.2) is 41.0 Å². The number of hydrogen-bond acceptors (Lipinski definition) is 3. The summed E-state index contributed by atoms with van der Waals surface area (Å²) >= 11 is 0. The number of anilines is 1. The Kier molecular flexibility index (Phi) is 5.20. The first-order valence-corrected chi connectivity index (χ1v) is 11.9. The van der Waals surface area contributed by atoms with Crippen LogP contribution in [0.3, 0.4) is 0 Å². The number of fused-ring (bicyclic) bond motifs is 5. The van der Waals surface area contributed by atoms with Gasteiger partial charge in [-0.25, -0.2) is 4.98 Å². The molecule has 0 radical (unpaired) electrons. The zero-order valence-electron chi connectivity index (χ0n) is 18.7. The minimum atomic E-state index is 0.408. The number of pyridine rings is 1. The van der Waals surface area contributed by atoms with Gasteiger partial charge in [0.15, 0.2) is 0 Å². The van der Waals surface area contributed by atoms with Crippen molar-refractivity contribution in [3.05, 3.63) is 35.9 Å². The number of benzene rings is 1. The molecule has 0 aliphatic carbocycles. The molecule has 3 fully saturated rings. The molecule has 1 aromatic heterocycles. The van der Waals surface area contributed by atoms with Crippen molar-refractivity contribution in [3.63, 3.8) is 0 Å². The summed E-state index contributed by atoms with van der Waals surface area (Å²) in [5, 5.41) is 1.25. The summed E-state index contributed by atoms with van der Waals surface area (Å²) in [5.74, 6) is 3.37. The highest BCUT2D eigenvalue weighted by Crippen LogP contribution is 2.44. The van der Waals surface area contributed by atoms with Crippen molar-refractivity contribution in [2.75, 3.05) is 18.0 Å². The average molecular weight is 406 g/mol. The maximum atomic E-state index is 13.0. The molecular weight excluding hydrogens is 370 g/mol. The van der Waals surface area contributed by atoms with Crippen LogP contribution in [0.5, 0.6) is 0 Å². The fourth-order valence-electron chi connectivity index (χ4n) is 6.33. The number of rotatable bonds is 4. The predicted molar refractivity (Wildman–Crippen MR) is 123 cm³/mol. The molecule has 4 nitrogen and oxygen atoms in total. The summed E-state index contributed by atoms with van der Waals surface area (Å²) in [6.07, 6.45) is 6.62. The van der Waals surface area contributed by atoms with Gasteiger partial charge >= 0.3 is 0 Å². The second kappa shape index (κ2) is 7.86. The Morgan fingerprint density at radius 2 is 1.97 bits per heavy atom. The summed E-state index contributed by atoms with van der Waals surface area (Å²) in [4.78, 5) is 22.9. The molecular formula is C26H35N3O. The van der Waals surface area contributed by atoms with E-state index in [0.29, 0.717) is 35.7 Å². The maximum absolute atomic E-state index is 13.0. The van der Waals surface area contributed by atoms with Crippen LogP contribution in [0.25, 0.3) is 10.9 Å². The summed E-state index contributed by atoms with van der Waals surface area (Å²) in [7, 11) is 0. The number of aromatic nitrogens is 1. The van der Waals surface area contributed by atoms with Crippen molar-refractivity contribution < 1.29 is 4.79 Å². The first kappa shape index (κ1) is 19.8. The van der Waals surface area contributed by atoms with Gasteiger partial charge in [0.2, 0.25) is 5.91 Å². The van der Waals surface area contributed by atoms with E-state index in [0.717, 1.165) is 43.7 Å². The minimum Gasteiger partial charge on any atom is -0.356 e. The zero-order valence-corrected chi connectivity index (χ0v) is 18.7. The molecule has 3 saturated heterocycles. The fraction of sp³-hybridized carbons (Fsp3) is 0.615. The maximum Gasteiger partial charge on any atom is 0.223 e. The fourth-order valence-corrected chi connectivity index (χ4v) is 6.33. The zero-order chi connectivity index (χ0) is 20.8. The van der Waals surface area contributed by atoms with Crippen LogP contribution in [0.4, 0.5) is 5.82 Å². The highest BCUT2D eigenvalue weighted by molar-refractivity contribution is 5.84. The van der Waals surface area contributed by atoms with Crippen molar-refractivity contribution >= 4 is 22.6 Å². The largest absolute Gasteiger partial charge is 0.356 e. The second-order valence-electron chi connectivity index (χ2n) is 10.3. The molecule has 3 aliphatic rings. The Morgan fingerprint density at radius 1 is 1.17 bits per heavy atom. The van der Waals surface area contributed by atoms with Gasteiger partial charge in [-0.1, -0.05) is 32.0 Å². The molecule has 4 atom stereocenters. The molecule has 0 unspecified atom stereocenters. The molecule has 4 heteroatoms.